The standard InChI is InChI=1S/C27H32N2O6/c30-25(31)14-13-24(26(32)28-15-16-34-18-7-1-2-8-18)29-27(33)35-17-23-21-11-5-3-9-19(21)20-10-4-6-12-22(20)23/h3-6,9-12,18,23-24H,1-2,7-8,13-17H2,(H,28,32)(H,29,33)(H,30,31). The van der Waals surface area contributed by atoms with Crippen LogP contribution < -0.4 is 10.6 Å². The molecule has 1 unspecified atom stereocenters. The number of benzene rings is 2. The Hall–Kier alpha value is -3.39. The summed E-state index contributed by atoms with van der Waals surface area (Å²) < 4.78 is 11.3. The first kappa shape index (κ1) is 24.7. The monoisotopic (exact) mass is 480 g/mol. The molecule has 2 aromatic carbocycles. The van der Waals surface area contributed by atoms with Gasteiger partial charge < -0.3 is 25.2 Å². The van der Waals surface area contributed by atoms with E-state index in [-0.39, 0.29) is 31.5 Å². The van der Waals surface area contributed by atoms with Crippen LogP contribution in [0, 0.1) is 0 Å². The van der Waals surface area contributed by atoms with Crippen LogP contribution in [0.15, 0.2) is 48.5 Å². The zero-order valence-electron chi connectivity index (χ0n) is 19.7. The number of alkyl carbamates (subject to hydrolysis) is 1. The molecule has 0 bridgehead atoms. The number of carboxylic acids is 1. The highest BCUT2D eigenvalue weighted by Gasteiger charge is 2.30. The van der Waals surface area contributed by atoms with Crippen LogP contribution in [-0.4, -0.2) is 55.0 Å². The maximum atomic E-state index is 12.6. The topological polar surface area (TPSA) is 114 Å². The van der Waals surface area contributed by atoms with Crippen molar-refractivity contribution in [3.05, 3.63) is 59.7 Å². The highest BCUT2D eigenvalue weighted by Crippen LogP contribution is 2.44. The molecule has 3 N–H and O–H groups in total. The van der Waals surface area contributed by atoms with E-state index >= 15 is 0 Å². The molecule has 8 heteroatoms. The molecule has 1 atom stereocenters. The van der Waals surface area contributed by atoms with E-state index in [1.165, 1.54) is 12.8 Å². The van der Waals surface area contributed by atoms with Gasteiger partial charge in [0, 0.05) is 18.9 Å². The number of hydrogen-bond acceptors (Lipinski definition) is 5. The van der Waals surface area contributed by atoms with E-state index in [9.17, 15) is 14.4 Å². The number of carboxylic acid groups (broad SMARTS) is 1. The number of ether oxygens (including phenoxy) is 2. The van der Waals surface area contributed by atoms with Gasteiger partial charge >= 0.3 is 12.1 Å². The first-order chi connectivity index (χ1) is 17.0. The van der Waals surface area contributed by atoms with Crippen LogP contribution in [-0.2, 0) is 19.1 Å². The second-order valence-electron chi connectivity index (χ2n) is 9.02. The van der Waals surface area contributed by atoms with Gasteiger partial charge in [-0.3, -0.25) is 9.59 Å². The molecule has 0 aliphatic heterocycles. The van der Waals surface area contributed by atoms with Crippen molar-refractivity contribution in [2.75, 3.05) is 19.8 Å². The lowest BCUT2D eigenvalue weighted by Gasteiger charge is -2.19. The van der Waals surface area contributed by atoms with E-state index in [1.807, 2.05) is 36.4 Å². The van der Waals surface area contributed by atoms with Crippen LogP contribution in [0.25, 0.3) is 11.1 Å². The number of carbonyl (C=O) groups excluding carboxylic acids is 2. The van der Waals surface area contributed by atoms with Gasteiger partial charge in [-0.1, -0.05) is 61.4 Å². The van der Waals surface area contributed by atoms with Gasteiger partial charge in [0.15, 0.2) is 0 Å². The molecule has 2 aliphatic rings. The minimum Gasteiger partial charge on any atom is -0.481 e. The van der Waals surface area contributed by atoms with Crippen molar-refractivity contribution in [2.24, 2.45) is 0 Å². The molecule has 186 valence electrons. The second kappa shape index (κ2) is 11.8. The molecule has 0 heterocycles. The van der Waals surface area contributed by atoms with E-state index in [4.69, 9.17) is 14.6 Å². The van der Waals surface area contributed by atoms with E-state index < -0.39 is 24.0 Å². The summed E-state index contributed by atoms with van der Waals surface area (Å²) in [6.07, 6.45) is 3.62. The number of amides is 2. The van der Waals surface area contributed by atoms with Crippen LogP contribution in [0.5, 0.6) is 0 Å². The highest BCUT2D eigenvalue weighted by molar-refractivity contribution is 5.86. The largest absolute Gasteiger partial charge is 0.481 e. The quantitative estimate of drug-likeness (QED) is 0.421. The molecule has 2 aliphatic carbocycles. The van der Waals surface area contributed by atoms with Gasteiger partial charge in [-0.05, 0) is 41.5 Å². The third kappa shape index (κ3) is 6.39. The molecule has 0 saturated heterocycles. The molecule has 1 fully saturated rings. The van der Waals surface area contributed by atoms with Gasteiger partial charge in [-0.2, -0.15) is 0 Å². The first-order valence-corrected chi connectivity index (χ1v) is 12.3. The van der Waals surface area contributed by atoms with Crippen molar-refractivity contribution in [2.45, 2.75) is 56.6 Å². The SMILES string of the molecule is O=C(O)CCC(NC(=O)OCC1c2ccccc2-c2ccccc21)C(=O)NCCOC1CCCC1. The lowest BCUT2D eigenvalue weighted by Crippen LogP contribution is -2.48. The summed E-state index contributed by atoms with van der Waals surface area (Å²) in [6.45, 7) is 0.792. The zero-order valence-corrected chi connectivity index (χ0v) is 19.7. The number of nitrogens with one attached hydrogen (secondary N) is 2. The van der Waals surface area contributed by atoms with Crippen LogP contribution in [0.1, 0.15) is 55.6 Å². The van der Waals surface area contributed by atoms with Crippen molar-refractivity contribution in [1.29, 1.82) is 0 Å². The molecule has 8 nitrogen and oxygen atoms in total. The fourth-order valence-corrected chi connectivity index (χ4v) is 4.90. The minimum atomic E-state index is -1.04. The Bertz CT molecular complexity index is 1000. The van der Waals surface area contributed by atoms with Crippen molar-refractivity contribution in [3.8, 4) is 11.1 Å². The molecule has 0 radical (unpaired) electrons. The minimum absolute atomic E-state index is 0.0329. The fourth-order valence-electron chi connectivity index (χ4n) is 4.90. The Morgan fingerprint density at radius 1 is 0.971 bits per heavy atom. The van der Waals surface area contributed by atoms with E-state index in [1.54, 1.807) is 0 Å². The third-order valence-electron chi connectivity index (χ3n) is 6.66. The van der Waals surface area contributed by atoms with Gasteiger partial charge in [0.05, 0.1) is 12.7 Å². The third-order valence-corrected chi connectivity index (χ3v) is 6.66. The Morgan fingerprint density at radius 2 is 1.60 bits per heavy atom. The summed E-state index contributed by atoms with van der Waals surface area (Å²) in [5, 5.41) is 14.3. The van der Waals surface area contributed by atoms with Crippen molar-refractivity contribution >= 4 is 18.0 Å². The summed E-state index contributed by atoms with van der Waals surface area (Å²) in [5.74, 6) is -1.59. The Morgan fingerprint density at radius 3 is 2.23 bits per heavy atom. The number of hydrogen-bond donors (Lipinski definition) is 3. The van der Waals surface area contributed by atoms with Crippen molar-refractivity contribution in [3.63, 3.8) is 0 Å². The van der Waals surface area contributed by atoms with Crippen molar-refractivity contribution in [1.82, 2.24) is 10.6 Å². The average molecular weight is 481 g/mol. The Balaban J connectivity index is 1.31. The Kier molecular flexibility index (Phi) is 8.36. The Labute approximate surface area is 205 Å². The summed E-state index contributed by atoms with van der Waals surface area (Å²) in [7, 11) is 0. The van der Waals surface area contributed by atoms with Crippen LogP contribution >= 0.6 is 0 Å². The molecule has 0 aromatic heterocycles. The molecule has 0 spiro atoms. The van der Waals surface area contributed by atoms with Gasteiger partial charge in [-0.15, -0.1) is 0 Å². The van der Waals surface area contributed by atoms with Gasteiger partial charge in [-0.25, -0.2) is 4.79 Å². The van der Waals surface area contributed by atoms with E-state index in [0.29, 0.717) is 13.2 Å². The van der Waals surface area contributed by atoms with Gasteiger partial charge in [0.25, 0.3) is 0 Å². The second-order valence-corrected chi connectivity index (χ2v) is 9.02. The van der Waals surface area contributed by atoms with Crippen LogP contribution in [0.3, 0.4) is 0 Å². The summed E-state index contributed by atoms with van der Waals surface area (Å²) in [5.41, 5.74) is 4.42. The summed E-state index contributed by atoms with van der Waals surface area (Å²) in [6, 6.07) is 15.0. The zero-order chi connectivity index (χ0) is 24.6. The van der Waals surface area contributed by atoms with Crippen LogP contribution in [0.4, 0.5) is 4.79 Å². The van der Waals surface area contributed by atoms with E-state index in [0.717, 1.165) is 35.1 Å². The molecule has 4 rings (SSSR count). The van der Waals surface area contributed by atoms with E-state index in [2.05, 4.69) is 22.8 Å². The molecular formula is C27H32N2O6. The summed E-state index contributed by atoms with van der Waals surface area (Å²) >= 11 is 0. The predicted molar refractivity (Wildman–Crippen MR) is 130 cm³/mol. The molecular weight excluding hydrogens is 448 g/mol. The van der Waals surface area contributed by atoms with Crippen molar-refractivity contribution < 1.29 is 29.0 Å². The number of aliphatic carboxylic acids is 1. The maximum Gasteiger partial charge on any atom is 0.407 e. The molecule has 2 aromatic rings. The number of fused-ring (bicyclic) bond motifs is 3. The average Bonchev–Trinajstić information content (AvgIpc) is 3.49. The van der Waals surface area contributed by atoms with Gasteiger partial charge in [0.2, 0.25) is 5.91 Å². The number of rotatable bonds is 11. The lowest BCUT2D eigenvalue weighted by atomic mass is 9.98. The van der Waals surface area contributed by atoms with Gasteiger partial charge in [0.1, 0.15) is 12.6 Å². The smallest absolute Gasteiger partial charge is 0.407 e. The summed E-state index contributed by atoms with van der Waals surface area (Å²) in [4.78, 5) is 36.3. The lowest BCUT2D eigenvalue weighted by molar-refractivity contribution is -0.137. The molecule has 1 saturated carbocycles. The first-order valence-electron chi connectivity index (χ1n) is 12.3. The molecule has 35 heavy (non-hydrogen) atoms. The van der Waals surface area contributed by atoms with Crippen LogP contribution in [0.2, 0.25) is 0 Å². The fraction of sp³-hybridized carbons (Fsp3) is 0.444. The normalized spacial score (nSPS) is 15.8. The highest BCUT2D eigenvalue weighted by atomic mass is 16.5. The maximum absolute atomic E-state index is 12.6. The number of carbonyl (C=O) groups is 3. The predicted octanol–water partition coefficient (Wildman–Crippen LogP) is 3.83. The molecule has 2 amide bonds.